The number of aliphatic hydroxyl groups excluding tert-OH is 2. The van der Waals surface area contributed by atoms with Gasteiger partial charge in [-0.3, -0.25) is 0 Å². The van der Waals surface area contributed by atoms with Gasteiger partial charge in [-0.25, -0.2) is 0 Å². The summed E-state index contributed by atoms with van der Waals surface area (Å²) in [6, 6.07) is 6.55. The van der Waals surface area contributed by atoms with Crippen molar-refractivity contribution < 1.29 is 20.1 Å². The van der Waals surface area contributed by atoms with E-state index in [-0.39, 0.29) is 6.61 Å². The molecule has 1 aromatic carbocycles. The van der Waals surface area contributed by atoms with Crippen LogP contribution >= 0.6 is 11.6 Å². The van der Waals surface area contributed by atoms with Gasteiger partial charge in [-0.1, -0.05) is 23.7 Å². The maximum atomic E-state index is 10.4. The second kappa shape index (κ2) is 4.55. The predicted molar refractivity (Wildman–Crippen MR) is 62.8 cm³/mol. The lowest BCUT2D eigenvalue weighted by Gasteiger charge is -2.27. The van der Waals surface area contributed by atoms with E-state index in [1.54, 1.807) is 24.3 Å². The van der Waals surface area contributed by atoms with Gasteiger partial charge in [-0.15, -0.1) is 0 Å². The van der Waals surface area contributed by atoms with E-state index in [1.165, 1.54) is 6.92 Å². The molecule has 1 unspecified atom stereocenters. The number of hydrogen-bond acceptors (Lipinski definition) is 4. The van der Waals surface area contributed by atoms with Crippen molar-refractivity contribution in [3.63, 3.8) is 0 Å². The molecule has 0 radical (unpaired) electrons. The molecule has 0 aromatic heterocycles. The highest BCUT2D eigenvalue weighted by Crippen LogP contribution is 2.35. The smallest absolute Gasteiger partial charge is 0.141 e. The molecule has 5 heteroatoms. The van der Waals surface area contributed by atoms with Crippen LogP contribution in [-0.2, 0) is 10.3 Å². The zero-order chi connectivity index (χ0) is 12.6. The Balaban J connectivity index is 2.28. The van der Waals surface area contributed by atoms with Crippen molar-refractivity contribution in [1.82, 2.24) is 0 Å². The van der Waals surface area contributed by atoms with Gasteiger partial charge in [0, 0.05) is 5.02 Å². The molecule has 0 saturated carbocycles. The molecule has 2 rings (SSSR count). The fourth-order valence-corrected chi connectivity index (χ4v) is 2.19. The van der Waals surface area contributed by atoms with Gasteiger partial charge >= 0.3 is 0 Å². The first kappa shape index (κ1) is 12.8. The zero-order valence-electron chi connectivity index (χ0n) is 9.38. The lowest BCUT2D eigenvalue weighted by Crippen LogP contribution is -2.44. The van der Waals surface area contributed by atoms with Crippen molar-refractivity contribution in [3.05, 3.63) is 34.9 Å². The summed E-state index contributed by atoms with van der Waals surface area (Å²) < 4.78 is 5.24. The standard InChI is InChI=1S/C12H15ClO4/c1-7(14)10-11(15)12(16,6-17-10)8-2-4-9(13)5-3-8/h2-5,7,10-11,14-16H,6H2,1H3/t7?,10-,11-,12-/m1/s1. The Morgan fingerprint density at radius 2 is 2.00 bits per heavy atom. The lowest BCUT2D eigenvalue weighted by molar-refractivity contribution is -0.0721. The molecule has 1 aliphatic heterocycles. The molecule has 1 aromatic rings. The van der Waals surface area contributed by atoms with Crippen molar-refractivity contribution in [3.8, 4) is 0 Å². The minimum Gasteiger partial charge on any atom is -0.391 e. The summed E-state index contributed by atoms with van der Waals surface area (Å²) >= 11 is 5.76. The van der Waals surface area contributed by atoms with Crippen molar-refractivity contribution in [2.24, 2.45) is 0 Å². The summed E-state index contributed by atoms with van der Waals surface area (Å²) in [5, 5.41) is 30.4. The first-order chi connectivity index (χ1) is 7.95. The first-order valence-corrected chi connectivity index (χ1v) is 5.79. The molecule has 3 N–H and O–H groups in total. The first-order valence-electron chi connectivity index (χ1n) is 5.41. The largest absolute Gasteiger partial charge is 0.391 e. The van der Waals surface area contributed by atoms with E-state index in [9.17, 15) is 15.3 Å². The molecule has 1 aliphatic rings. The second-order valence-electron chi connectivity index (χ2n) is 4.39. The molecule has 0 bridgehead atoms. The van der Waals surface area contributed by atoms with Crippen LogP contribution in [0.2, 0.25) is 5.02 Å². The summed E-state index contributed by atoms with van der Waals surface area (Å²) in [5.41, 5.74) is -0.968. The maximum absolute atomic E-state index is 10.4. The van der Waals surface area contributed by atoms with Gasteiger partial charge in [0.1, 0.15) is 17.8 Å². The highest BCUT2D eigenvalue weighted by atomic mass is 35.5. The molecule has 1 heterocycles. The van der Waals surface area contributed by atoms with Gasteiger partial charge in [0.05, 0.1) is 12.7 Å². The van der Waals surface area contributed by atoms with Gasteiger partial charge < -0.3 is 20.1 Å². The Morgan fingerprint density at radius 1 is 1.41 bits per heavy atom. The van der Waals surface area contributed by atoms with E-state index in [2.05, 4.69) is 0 Å². The lowest BCUT2D eigenvalue weighted by atomic mass is 9.87. The van der Waals surface area contributed by atoms with Crippen molar-refractivity contribution in [2.75, 3.05) is 6.61 Å². The molecule has 1 fully saturated rings. The van der Waals surface area contributed by atoms with Crippen LogP contribution in [0.25, 0.3) is 0 Å². The minimum atomic E-state index is -1.49. The van der Waals surface area contributed by atoms with Crippen molar-refractivity contribution >= 4 is 11.6 Å². The zero-order valence-corrected chi connectivity index (χ0v) is 10.1. The SMILES string of the molecule is CC(O)[C@H]1OC[C@@](O)(c2ccc(Cl)cc2)[C@@H]1O. The monoisotopic (exact) mass is 258 g/mol. The van der Waals surface area contributed by atoms with Gasteiger partial charge in [-0.2, -0.15) is 0 Å². The third kappa shape index (κ3) is 2.19. The van der Waals surface area contributed by atoms with Crippen LogP contribution in [0.4, 0.5) is 0 Å². The second-order valence-corrected chi connectivity index (χ2v) is 4.83. The van der Waals surface area contributed by atoms with E-state index in [1.807, 2.05) is 0 Å². The Bertz CT molecular complexity index is 392. The highest BCUT2D eigenvalue weighted by molar-refractivity contribution is 6.30. The van der Waals surface area contributed by atoms with Crippen LogP contribution in [0.3, 0.4) is 0 Å². The maximum Gasteiger partial charge on any atom is 0.141 e. The van der Waals surface area contributed by atoms with Crippen LogP contribution in [-0.4, -0.2) is 40.2 Å². The Hall–Kier alpha value is -0.650. The molecule has 0 amide bonds. The Labute approximate surface area is 104 Å². The van der Waals surface area contributed by atoms with E-state index in [4.69, 9.17) is 16.3 Å². The van der Waals surface area contributed by atoms with Crippen LogP contribution < -0.4 is 0 Å². The molecule has 17 heavy (non-hydrogen) atoms. The van der Waals surface area contributed by atoms with E-state index in [0.717, 1.165) is 0 Å². The van der Waals surface area contributed by atoms with Crippen LogP contribution in [0.15, 0.2) is 24.3 Å². The summed E-state index contributed by atoms with van der Waals surface area (Å²) in [7, 11) is 0. The topological polar surface area (TPSA) is 69.9 Å². The molecule has 0 aliphatic carbocycles. The molecule has 1 saturated heterocycles. The van der Waals surface area contributed by atoms with Gasteiger partial charge in [-0.05, 0) is 24.6 Å². The number of benzene rings is 1. The third-order valence-electron chi connectivity index (χ3n) is 3.12. The van der Waals surface area contributed by atoms with Crippen LogP contribution in [0.5, 0.6) is 0 Å². The molecule has 4 nitrogen and oxygen atoms in total. The summed E-state index contributed by atoms with van der Waals surface area (Å²) in [4.78, 5) is 0. The fourth-order valence-electron chi connectivity index (χ4n) is 2.07. The number of ether oxygens (including phenoxy) is 1. The number of hydrogen-bond donors (Lipinski definition) is 3. The van der Waals surface area contributed by atoms with E-state index < -0.39 is 23.9 Å². The Morgan fingerprint density at radius 3 is 2.47 bits per heavy atom. The molecular weight excluding hydrogens is 244 g/mol. The minimum absolute atomic E-state index is 0.0502. The van der Waals surface area contributed by atoms with Crippen LogP contribution in [0.1, 0.15) is 12.5 Å². The number of aliphatic hydroxyl groups is 3. The van der Waals surface area contributed by atoms with E-state index in [0.29, 0.717) is 10.6 Å². The summed E-state index contributed by atoms with van der Waals surface area (Å²) in [6.07, 6.45) is -2.79. The fraction of sp³-hybridized carbons (Fsp3) is 0.500. The van der Waals surface area contributed by atoms with E-state index >= 15 is 0 Å². The third-order valence-corrected chi connectivity index (χ3v) is 3.37. The predicted octanol–water partition coefficient (Wildman–Crippen LogP) is 0.668. The highest BCUT2D eigenvalue weighted by Gasteiger charge is 2.50. The molecule has 4 atom stereocenters. The summed E-state index contributed by atoms with van der Waals surface area (Å²) in [5.74, 6) is 0. The molecule has 0 spiro atoms. The number of halogens is 1. The van der Waals surface area contributed by atoms with Crippen LogP contribution in [0, 0.1) is 0 Å². The van der Waals surface area contributed by atoms with Gasteiger partial charge in [0.15, 0.2) is 0 Å². The normalized spacial score (nSPS) is 34.9. The quantitative estimate of drug-likeness (QED) is 0.729. The van der Waals surface area contributed by atoms with Crippen molar-refractivity contribution in [1.29, 1.82) is 0 Å². The van der Waals surface area contributed by atoms with Gasteiger partial charge in [0.25, 0.3) is 0 Å². The van der Waals surface area contributed by atoms with Crippen molar-refractivity contribution in [2.45, 2.75) is 30.8 Å². The molecule has 94 valence electrons. The Kier molecular flexibility index (Phi) is 3.43. The molecular formula is C12H15ClO4. The average Bonchev–Trinajstić information content (AvgIpc) is 2.58. The average molecular weight is 259 g/mol. The van der Waals surface area contributed by atoms with Gasteiger partial charge in [0.2, 0.25) is 0 Å². The number of rotatable bonds is 2. The summed E-state index contributed by atoms with van der Waals surface area (Å²) in [6.45, 7) is 1.47.